The number of hydrogen-bond donors (Lipinski definition) is 1. The highest BCUT2D eigenvalue weighted by Crippen LogP contribution is 2.26. The van der Waals surface area contributed by atoms with Crippen LogP contribution in [-0.2, 0) is 11.4 Å². The van der Waals surface area contributed by atoms with Gasteiger partial charge >= 0.3 is 6.03 Å². The highest BCUT2D eigenvalue weighted by Gasteiger charge is 2.29. The number of rotatable bonds is 5. The largest absolute Gasteiger partial charge is 0.390 e. The van der Waals surface area contributed by atoms with E-state index in [9.17, 15) is 9.18 Å². The number of hydrogen-bond acceptors (Lipinski definition) is 3. The molecule has 1 aliphatic rings. The van der Waals surface area contributed by atoms with Crippen LogP contribution in [0.15, 0.2) is 47.6 Å². The molecule has 5 nitrogen and oxygen atoms in total. The van der Waals surface area contributed by atoms with E-state index in [4.69, 9.17) is 28.0 Å². The molecule has 1 N–H and O–H groups in total. The van der Waals surface area contributed by atoms with E-state index in [2.05, 4.69) is 10.5 Å². The number of carbonyl (C=O) groups is 1. The van der Waals surface area contributed by atoms with E-state index >= 15 is 0 Å². The molecule has 2 aromatic rings. The lowest BCUT2D eigenvalue weighted by atomic mass is 10.0. The first kappa shape index (κ1) is 22.4. The fourth-order valence-corrected chi connectivity index (χ4v) is 3.37. The maximum atomic E-state index is 14.2. The van der Waals surface area contributed by atoms with Crippen molar-refractivity contribution in [2.45, 2.75) is 45.4 Å². The Labute approximate surface area is 185 Å². The summed E-state index contributed by atoms with van der Waals surface area (Å²) in [5, 5.41) is 7.98. The van der Waals surface area contributed by atoms with Crippen LogP contribution < -0.4 is 5.32 Å². The van der Waals surface area contributed by atoms with Crippen molar-refractivity contribution in [2.24, 2.45) is 5.16 Å². The molecule has 0 unspecified atom stereocenters. The SMILES string of the molecule is CC(C)(C)NC(=O)N(Cc1ccccc1F)C[C@H]1CC(c2ccc(Cl)c(Cl)c2)=NO1. The van der Waals surface area contributed by atoms with Crippen molar-refractivity contribution in [1.82, 2.24) is 10.2 Å². The molecule has 0 saturated carbocycles. The highest BCUT2D eigenvalue weighted by molar-refractivity contribution is 6.42. The third-order valence-corrected chi connectivity index (χ3v) is 5.24. The molecule has 30 heavy (non-hydrogen) atoms. The average molecular weight is 452 g/mol. The molecule has 3 rings (SSSR count). The van der Waals surface area contributed by atoms with Gasteiger partial charge in [-0.15, -0.1) is 0 Å². The second-order valence-electron chi connectivity index (χ2n) is 8.25. The average Bonchev–Trinajstić information content (AvgIpc) is 3.12. The Kier molecular flexibility index (Phi) is 6.88. The lowest BCUT2D eigenvalue weighted by Crippen LogP contribution is -2.50. The van der Waals surface area contributed by atoms with E-state index in [1.807, 2.05) is 26.8 Å². The summed E-state index contributed by atoms with van der Waals surface area (Å²) in [5.74, 6) is -0.355. The summed E-state index contributed by atoms with van der Waals surface area (Å²) in [4.78, 5) is 20.0. The molecule has 2 amide bonds. The van der Waals surface area contributed by atoms with Crippen molar-refractivity contribution in [3.8, 4) is 0 Å². The smallest absolute Gasteiger partial charge is 0.318 e. The third kappa shape index (κ3) is 5.86. The van der Waals surface area contributed by atoms with Gasteiger partial charge < -0.3 is 15.1 Å². The molecule has 160 valence electrons. The first-order chi connectivity index (χ1) is 14.1. The fourth-order valence-electron chi connectivity index (χ4n) is 3.07. The predicted molar refractivity (Wildman–Crippen MR) is 118 cm³/mol. The van der Waals surface area contributed by atoms with Crippen molar-refractivity contribution in [3.05, 3.63) is 69.5 Å². The van der Waals surface area contributed by atoms with Crippen LogP contribution in [0.2, 0.25) is 10.0 Å². The van der Waals surface area contributed by atoms with Gasteiger partial charge in [0.05, 0.1) is 28.8 Å². The minimum absolute atomic E-state index is 0.122. The van der Waals surface area contributed by atoms with Gasteiger partial charge in [-0.3, -0.25) is 0 Å². The van der Waals surface area contributed by atoms with Crippen LogP contribution in [0.1, 0.15) is 38.3 Å². The van der Waals surface area contributed by atoms with Gasteiger partial charge in [0.1, 0.15) is 5.82 Å². The summed E-state index contributed by atoms with van der Waals surface area (Å²) in [5.41, 5.74) is 1.54. The van der Waals surface area contributed by atoms with E-state index in [1.54, 1.807) is 35.2 Å². The van der Waals surface area contributed by atoms with Crippen LogP contribution in [0.3, 0.4) is 0 Å². The van der Waals surface area contributed by atoms with Crippen molar-refractivity contribution in [1.29, 1.82) is 0 Å². The molecular weight excluding hydrogens is 428 g/mol. The summed E-state index contributed by atoms with van der Waals surface area (Å²) in [6.07, 6.45) is 0.140. The van der Waals surface area contributed by atoms with Gasteiger partial charge in [0, 0.05) is 23.1 Å². The molecule has 2 aromatic carbocycles. The van der Waals surface area contributed by atoms with E-state index in [-0.39, 0.29) is 31.0 Å². The zero-order valence-electron chi connectivity index (χ0n) is 17.1. The van der Waals surface area contributed by atoms with Crippen LogP contribution in [0, 0.1) is 5.82 Å². The quantitative estimate of drug-likeness (QED) is 0.639. The molecule has 0 radical (unpaired) electrons. The second kappa shape index (κ2) is 9.23. The number of carbonyl (C=O) groups excluding carboxylic acids is 1. The van der Waals surface area contributed by atoms with Crippen molar-refractivity contribution in [2.75, 3.05) is 6.54 Å². The lowest BCUT2D eigenvalue weighted by molar-refractivity contribution is 0.0578. The first-order valence-electron chi connectivity index (χ1n) is 9.61. The standard InChI is InChI=1S/C22H24Cl2FN3O2/c1-22(2,3)26-21(29)28(12-15-6-4-5-7-19(15)25)13-16-11-20(27-30-16)14-8-9-17(23)18(24)10-14/h4-10,16H,11-13H2,1-3H3,(H,26,29)/t16-/m1/s1. The van der Waals surface area contributed by atoms with Crippen LogP contribution >= 0.6 is 23.2 Å². The molecule has 8 heteroatoms. The summed E-state index contributed by atoms with van der Waals surface area (Å²) < 4.78 is 14.2. The Morgan fingerprint density at radius 2 is 1.97 bits per heavy atom. The summed E-state index contributed by atoms with van der Waals surface area (Å²) in [7, 11) is 0. The molecule has 1 atom stereocenters. The highest BCUT2D eigenvalue weighted by atomic mass is 35.5. The molecule has 0 spiro atoms. The Balaban J connectivity index is 1.72. The predicted octanol–water partition coefficient (Wildman–Crippen LogP) is 5.64. The van der Waals surface area contributed by atoms with E-state index < -0.39 is 5.54 Å². The van der Waals surface area contributed by atoms with Crippen LogP contribution in [0.25, 0.3) is 0 Å². The molecule has 0 fully saturated rings. The van der Waals surface area contributed by atoms with Gasteiger partial charge in [0.25, 0.3) is 0 Å². The Hall–Kier alpha value is -2.31. The van der Waals surface area contributed by atoms with Gasteiger partial charge in [0.2, 0.25) is 0 Å². The molecule has 0 aromatic heterocycles. The van der Waals surface area contributed by atoms with Gasteiger partial charge in [-0.05, 0) is 39.0 Å². The zero-order chi connectivity index (χ0) is 21.9. The number of amides is 2. The number of nitrogens with one attached hydrogen (secondary N) is 1. The molecule has 0 saturated heterocycles. The van der Waals surface area contributed by atoms with Gasteiger partial charge in [-0.25, -0.2) is 9.18 Å². The molecule has 0 bridgehead atoms. The molecule has 0 aliphatic carbocycles. The fraction of sp³-hybridized carbons (Fsp3) is 0.364. The number of oxime groups is 1. The zero-order valence-corrected chi connectivity index (χ0v) is 18.6. The minimum atomic E-state index is -0.428. The lowest BCUT2D eigenvalue weighted by Gasteiger charge is -2.29. The minimum Gasteiger partial charge on any atom is -0.390 e. The Bertz CT molecular complexity index is 960. The number of benzene rings is 2. The number of urea groups is 1. The summed E-state index contributed by atoms with van der Waals surface area (Å²) in [6, 6.07) is 11.4. The third-order valence-electron chi connectivity index (χ3n) is 4.50. The topological polar surface area (TPSA) is 53.9 Å². The van der Waals surface area contributed by atoms with Gasteiger partial charge in [-0.1, -0.05) is 52.6 Å². The van der Waals surface area contributed by atoms with Crippen LogP contribution in [0.5, 0.6) is 0 Å². The van der Waals surface area contributed by atoms with Gasteiger partial charge in [0.15, 0.2) is 6.10 Å². The molecule has 1 heterocycles. The number of halogens is 3. The summed E-state index contributed by atoms with van der Waals surface area (Å²) >= 11 is 12.1. The van der Waals surface area contributed by atoms with Crippen LogP contribution in [-0.4, -0.2) is 34.8 Å². The first-order valence-corrected chi connectivity index (χ1v) is 10.4. The van der Waals surface area contributed by atoms with Crippen molar-refractivity contribution in [3.63, 3.8) is 0 Å². The van der Waals surface area contributed by atoms with Gasteiger partial charge in [-0.2, -0.15) is 0 Å². The van der Waals surface area contributed by atoms with E-state index in [0.717, 1.165) is 11.3 Å². The van der Waals surface area contributed by atoms with Crippen molar-refractivity contribution < 1.29 is 14.0 Å². The Morgan fingerprint density at radius 3 is 2.63 bits per heavy atom. The number of nitrogens with zero attached hydrogens (tertiary/aromatic N) is 2. The molecule has 1 aliphatic heterocycles. The summed E-state index contributed by atoms with van der Waals surface area (Å²) in [6.45, 7) is 6.05. The maximum Gasteiger partial charge on any atom is 0.318 e. The van der Waals surface area contributed by atoms with E-state index in [0.29, 0.717) is 22.0 Å². The van der Waals surface area contributed by atoms with Crippen LogP contribution in [0.4, 0.5) is 9.18 Å². The van der Waals surface area contributed by atoms with Crippen molar-refractivity contribution >= 4 is 34.9 Å². The molecular formula is C22H24Cl2FN3O2. The van der Waals surface area contributed by atoms with E-state index in [1.165, 1.54) is 6.07 Å². The monoisotopic (exact) mass is 451 g/mol. The maximum absolute atomic E-state index is 14.2. The second-order valence-corrected chi connectivity index (χ2v) is 9.06. The normalized spacial score (nSPS) is 16.1. The Morgan fingerprint density at radius 1 is 1.23 bits per heavy atom.